The number of nitrogens with one attached hydrogen (secondary N) is 1. The minimum Gasteiger partial charge on any atom is -0.494 e. The molecule has 0 heterocycles. The highest BCUT2D eigenvalue weighted by Crippen LogP contribution is 2.19. The Morgan fingerprint density at radius 3 is 2.55 bits per heavy atom. The largest absolute Gasteiger partial charge is 0.494 e. The third-order valence-electron chi connectivity index (χ3n) is 3.52. The molecule has 0 aliphatic rings. The van der Waals surface area contributed by atoms with Crippen LogP contribution in [0.3, 0.4) is 0 Å². The van der Waals surface area contributed by atoms with E-state index in [0.29, 0.717) is 13.0 Å². The van der Waals surface area contributed by atoms with Gasteiger partial charge in [0.15, 0.2) is 11.6 Å². The molecule has 1 amide bonds. The van der Waals surface area contributed by atoms with Crippen molar-refractivity contribution in [1.82, 2.24) is 5.32 Å². The Kier molecular flexibility index (Phi) is 5.53. The highest BCUT2D eigenvalue weighted by atomic mass is 19.1. The Bertz CT molecular complexity index is 628. The number of hydrogen-bond acceptors (Lipinski definition) is 2. The standard InChI is InChI=1S/C18H20FNO2/c1-13(10-15-8-9-17(22-2)16(19)11-15)18(21)20-12-14-6-4-3-5-7-14/h3-9,11,13H,10,12H2,1-2H3,(H,20,21). The van der Waals surface area contributed by atoms with E-state index in [1.807, 2.05) is 37.3 Å². The fraction of sp³-hybridized carbons (Fsp3) is 0.278. The molecule has 0 radical (unpaired) electrons. The molecule has 3 nitrogen and oxygen atoms in total. The van der Waals surface area contributed by atoms with Crippen LogP contribution in [0.5, 0.6) is 5.75 Å². The highest BCUT2D eigenvalue weighted by Gasteiger charge is 2.14. The van der Waals surface area contributed by atoms with Gasteiger partial charge in [-0.15, -0.1) is 0 Å². The van der Waals surface area contributed by atoms with E-state index in [4.69, 9.17) is 4.74 Å². The van der Waals surface area contributed by atoms with Crippen LogP contribution in [0.25, 0.3) is 0 Å². The fourth-order valence-electron chi connectivity index (χ4n) is 2.24. The van der Waals surface area contributed by atoms with Crippen molar-refractivity contribution in [2.75, 3.05) is 7.11 Å². The van der Waals surface area contributed by atoms with Crippen LogP contribution in [0.1, 0.15) is 18.1 Å². The molecule has 0 aliphatic carbocycles. The molecule has 22 heavy (non-hydrogen) atoms. The molecule has 2 aromatic carbocycles. The van der Waals surface area contributed by atoms with E-state index in [1.165, 1.54) is 13.2 Å². The van der Waals surface area contributed by atoms with E-state index in [0.717, 1.165) is 11.1 Å². The topological polar surface area (TPSA) is 38.3 Å². The van der Waals surface area contributed by atoms with Gasteiger partial charge in [-0.05, 0) is 29.7 Å². The summed E-state index contributed by atoms with van der Waals surface area (Å²) in [7, 11) is 1.43. The molecule has 2 aromatic rings. The van der Waals surface area contributed by atoms with Crippen molar-refractivity contribution >= 4 is 5.91 Å². The number of benzene rings is 2. The van der Waals surface area contributed by atoms with Gasteiger partial charge in [0.1, 0.15) is 0 Å². The second-order valence-electron chi connectivity index (χ2n) is 5.28. The lowest BCUT2D eigenvalue weighted by Gasteiger charge is -2.13. The summed E-state index contributed by atoms with van der Waals surface area (Å²) in [5.74, 6) is -0.460. The SMILES string of the molecule is COc1ccc(CC(C)C(=O)NCc2ccccc2)cc1F. The van der Waals surface area contributed by atoms with Gasteiger partial charge in [0.2, 0.25) is 5.91 Å². The molecule has 1 N–H and O–H groups in total. The van der Waals surface area contributed by atoms with Crippen molar-refractivity contribution < 1.29 is 13.9 Å². The van der Waals surface area contributed by atoms with Crippen LogP contribution in [0.4, 0.5) is 4.39 Å². The summed E-state index contributed by atoms with van der Waals surface area (Å²) < 4.78 is 18.5. The van der Waals surface area contributed by atoms with Crippen LogP contribution in [-0.4, -0.2) is 13.0 Å². The van der Waals surface area contributed by atoms with E-state index < -0.39 is 5.82 Å². The van der Waals surface area contributed by atoms with E-state index in [2.05, 4.69) is 5.32 Å². The van der Waals surface area contributed by atoms with Gasteiger partial charge in [-0.3, -0.25) is 4.79 Å². The molecule has 4 heteroatoms. The number of hydrogen-bond donors (Lipinski definition) is 1. The van der Waals surface area contributed by atoms with E-state index in [9.17, 15) is 9.18 Å². The summed E-state index contributed by atoms with van der Waals surface area (Å²) in [4.78, 5) is 12.1. The Labute approximate surface area is 130 Å². The molecule has 1 atom stereocenters. The number of halogens is 1. The summed E-state index contributed by atoms with van der Waals surface area (Å²) >= 11 is 0. The van der Waals surface area contributed by atoms with Gasteiger partial charge in [-0.1, -0.05) is 43.3 Å². The summed E-state index contributed by atoms with van der Waals surface area (Å²) in [5, 5.41) is 2.90. The van der Waals surface area contributed by atoms with Crippen LogP contribution in [-0.2, 0) is 17.8 Å². The Morgan fingerprint density at radius 2 is 1.91 bits per heavy atom. The molecule has 0 aliphatic heterocycles. The second kappa shape index (κ2) is 7.59. The van der Waals surface area contributed by atoms with Crippen molar-refractivity contribution in [3.63, 3.8) is 0 Å². The van der Waals surface area contributed by atoms with Crippen molar-refractivity contribution in [3.05, 3.63) is 65.5 Å². The zero-order valence-corrected chi connectivity index (χ0v) is 12.8. The lowest BCUT2D eigenvalue weighted by Crippen LogP contribution is -2.29. The van der Waals surface area contributed by atoms with Crippen molar-refractivity contribution in [2.24, 2.45) is 5.92 Å². The molecule has 2 rings (SSSR count). The molecule has 0 spiro atoms. The van der Waals surface area contributed by atoms with Crippen LogP contribution >= 0.6 is 0 Å². The first-order valence-electron chi connectivity index (χ1n) is 7.24. The zero-order chi connectivity index (χ0) is 15.9. The zero-order valence-electron chi connectivity index (χ0n) is 12.8. The van der Waals surface area contributed by atoms with Crippen molar-refractivity contribution in [2.45, 2.75) is 19.9 Å². The Morgan fingerprint density at radius 1 is 1.18 bits per heavy atom. The summed E-state index contributed by atoms with van der Waals surface area (Å²) in [5.41, 5.74) is 1.83. The summed E-state index contributed by atoms with van der Waals surface area (Å²) in [6.07, 6.45) is 0.488. The average molecular weight is 301 g/mol. The van der Waals surface area contributed by atoms with E-state index in [-0.39, 0.29) is 17.6 Å². The van der Waals surface area contributed by atoms with Crippen LogP contribution < -0.4 is 10.1 Å². The molecule has 0 saturated heterocycles. The number of carbonyl (C=O) groups excluding carboxylic acids is 1. The Balaban J connectivity index is 1.89. The molecule has 1 unspecified atom stereocenters. The maximum absolute atomic E-state index is 13.6. The number of carbonyl (C=O) groups is 1. The highest BCUT2D eigenvalue weighted by molar-refractivity contribution is 5.78. The van der Waals surface area contributed by atoms with Gasteiger partial charge >= 0.3 is 0 Å². The van der Waals surface area contributed by atoms with Gasteiger partial charge < -0.3 is 10.1 Å². The van der Waals surface area contributed by atoms with Crippen LogP contribution in [0.2, 0.25) is 0 Å². The number of rotatable bonds is 6. The van der Waals surface area contributed by atoms with E-state index in [1.54, 1.807) is 12.1 Å². The summed E-state index contributed by atoms with van der Waals surface area (Å²) in [6, 6.07) is 14.5. The molecular weight excluding hydrogens is 281 g/mol. The Hall–Kier alpha value is -2.36. The number of methoxy groups -OCH3 is 1. The second-order valence-corrected chi connectivity index (χ2v) is 5.28. The third kappa shape index (κ3) is 4.32. The molecular formula is C18H20FNO2. The van der Waals surface area contributed by atoms with Gasteiger partial charge in [0.25, 0.3) is 0 Å². The fourth-order valence-corrected chi connectivity index (χ4v) is 2.24. The smallest absolute Gasteiger partial charge is 0.223 e. The number of amides is 1. The van der Waals surface area contributed by atoms with E-state index >= 15 is 0 Å². The molecule has 0 fully saturated rings. The minimum atomic E-state index is -0.406. The molecule has 0 saturated carbocycles. The van der Waals surface area contributed by atoms with Crippen LogP contribution in [0, 0.1) is 11.7 Å². The van der Waals surface area contributed by atoms with Gasteiger partial charge in [-0.25, -0.2) is 4.39 Å². The summed E-state index contributed by atoms with van der Waals surface area (Å²) in [6.45, 7) is 2.34. The first-order valence-corrected chi connectivity index (χ1v) is 7.24. The monoisotopic (exact) mass is 301 g/mol. The van der Waals surface area contributed by atoms with Crippen LogP contribution in [0.15, 0.2) is 48.5 Å². The van der Waals surface area contributed by atoms with Gasteiger partial charge in [0.05, 0.1) is 7.11 Å². The number of ether oxygens (including phenoxy) is 1. The predicted octanol–water partition coefficient (Wildman–Crippen LogP) is 3.33. The van der Waals surface area contributed by atoms with Gasteiger partial charge in [-0.2, -0.15) is 0 Å². The van der Waals surface area contributed by atoms with Crippen molar-refractivity contribution in [1.29, 1.82) is 0 Å². The van der Waals surface area contributed by atoms with Gasteiger partial charge in [0, 0.05) is 12.5 Å². The predicted molar refractivity (Wildman–Crippen MR) is 84.1 cm³/mol. The van der Waals surface area contributed by atoms with Crippen molar-refractivity contribution in [3.8, 4) is 5.75 Å². The molecule has 116 valence electrons. The lowest BCUT2D eigenvalue weighted by molar-refractivity contribution is -0.124. The lowest BCUT2D eigenvalue weighted by atomic mass is 10.00. The normalized spacial score (nSPS) is 11.8. The third-order valence-corrected chi connectivity index (χ3v) is 3.52. The first-order chi connectivity index (χ1) is 10.6. The molecule has 0 bridgehead atoms. The average Bonchev–Trinajstić information content (AvgIpc) is 2.53. The maximum Gasteiger partial charge on any atom is 0.223 e. The molecule has 0 aromatic heterocycles. The maximum atomic E-state index is 13.6. The quantitative estimate of drug-likeness (QED) is 0.889. The minimum absolute atomic E-state index is 0.0416. The first kappa shape index (κ1) is 16.0.